The van der Waals surface area contributed by atoms with Gasteiger partial charge < -0.3 is 10.6 Å². The van der Waals surface area contributed by atoms with Gasteiger partial charge in [-0.15, -0.1) is 0 Å². The van der Waals surface area contributed by atoms with Crippen LogP contribution in [-0.4, -0.2) is 25.7 Å². The van der Waals surface area contributed by atoms with Crippen LogP contribution in [0.4, 0.5) is 0 Å². The van der Waals surface area contributed by atoms with Gasteiger partial charge >= 0.3 is 0 Å². The van der Waals surface area contributed by atoms with Crippen molar-refractivity contribution in [2.24, 2.45) is 5.41 Å². The first-order chi connectivity index (χ1) is 6.08. The predicted molar refractivity (Wildman–Crippen MR) is 58.0 cm³/mol. The second-order valence-electron chi connectivity index (χ2n) is 5.29. The van der Waals surface area contributed by atoms with E-state index in [9.17, 15) is 0 Å². The fourth-order valence-electron chi connectivity index (χ4n) is 1.68. The van der Waals surface area contributed by atoms with Crippen LogP contribution in [0.3, 0.4) is 0 Å². The largest absolute Gasteiger partial charge is 0.317 e. The fourth-order valence-corrected chi connectivity index (χ4v) is 1.68. The lowest BCUT2D eigenvalue weighted by Crippen LogP contribution is -2.40. The summed E-state index contributed by atoms with van der Waals surface area (Å²) in [5.41, 5.74) is 0.472. The van der Waals surface area contributed by atoms with E-state index in [2.05, 4.69) is 31.4 Å². The summed E-state index contributed by atoms with van der Waals surface area (Å²) in [4.78, 5) is 0. The van der Waals surface area contributed by atoms with E-state index in [0.29, 0.717) is 5.41 Å². The number of nitrogens with one attached hydrogen (secondary N) is 2. The highest BCUT2D eigenvalue weighted by Crippen LogP contribution is 2.17. The lowest BCUT2D eigenvalue weighted by Gasteiger charge is -2.26. The Labute approximate surface area is 82.5 Å². The molecule has 0 unspecified atom stereocenters. The van der Waals surface area contributed by atoms with Crippen molar-refractivity contribution < 1.29 is 0 Å². The third-order valence-corrected chi connectivity index (χ3v) is 2.65. The molecule has 1 aliphatic heterocycles. The van der Waals surface area contributed by atoms with Gasteiger partial charge in [-0.25, -0.2) is 0 Å². The Hall–Kier alpha value is -0.0800. The molecule has 2 N–H and O–H groups in total. The van der Waals surface area contributed by atoms with Gasteiger partial charge in [0.2, 0.25) is 0 Å². The Morgan fingerprint density at radius 2 is 1.85 bits per heavy atom. The average molecular weight is 184 g/mol. The molecule has 0 amide bonds. The number of hydrogen-bond acceptors (Lipinski definition) is 2. The molecule has 1 fully saturated rings. The van der Waals surface area contributed by atoms with E-state index in [1.165, 1.54) is 38.9 Å². The molecule has 0 aromatic rings. The Balaban J connectivity index is 2.04. The van der Waals surface area contributed by atoms with Crippen molar-refractivity contribution in [1.29, 1.82) is 0 Å². The molecular weight excluding hydrogens is 160 g/mol. The Kier molecular flexibility index (Phi) is 4.20. The van der Waals surface area contributed by atoms with Gasteiger partial charge in [0, 0.05) is 6.04 Å². The number of rotatable bonds is 3. The van der Waals surface area contributed by atoms with Gasteiger partial charge in [0.25, 0.3) is 0 Å². The SMILES string of the molecule is CC(C)(C)CCNC1CCNCC1. The zero-order valence-corrected chi connectivity index (χ0v) is 9.32. The maximum atomic E-state index is 3.64. The van der Waals surface area contributed by atoms with Crippen LogP contribution in [0.15, 0.2) is 0 Å². The molecule has 0 aromatic heterocycles. The molecule has 0 aliphatic carbocycles. The van der Waals surface area contributed by atoms with Gasteiger partial charge in [0.15, 0.2) is 0 Å². The predicted octanol–water partition coefficient (Wildman–Crippen LogP) is 1.76. The van der Waals surface area contributed by atoms with E-state index < -0.39 is 0 Å². The molecule has 0 aromatic carbocycles. The smallest absolute Gasteiger partial charge is 0.00912 e. The Morgan fingerprint density at radius 3 is 2.38 bits per heavy atom. The molecular formula is C11H24N2. The standard InChI is InChI=1S/C11H24N2/c1-11(2,3)6-9-13-10-4-7-12-8-5-10/h10,12-13H,4-9H2,1-3H3. The summed E-state index contributed by atoms with van der Waals surface area (Å²) in [7, 11) is 0. The van der Waals surface area contributed by atoms with Crippen molar-refractivity contribution in [3.8, 4) is 0 Å². The second-order valence-corrected chi connectivity index (χ2v) is 5.29. The van der Waals surface area contributed by atoms with Crippen LogP contribution in [0.25, 0.3) is 0 Å². The topological polar surface area (TPSA) is 24.1 Å². The molecule has 0 spiro atoms. The zero-order chi connectivity index (χ0) is 9.73. The van der Waals surface area contributed by atoms with Crippen molar-refractivity contribution >= 4 is 0 Å². The normalized spacial score (nSPS) is 20.5. The van der Waals surface area contributed by atoms with E-state index in [0.717, 1.165) is 6.04 Å². The minimum Gasteiger partial charge on any atom is -0.317 e. The van der Waals surface area contributed by atoms with Crippen molar-refractivity contribution in [2.75, 3.05) is 19.6 Å². The highest BCUT2D eigenvalue weighted by molar-refractivity contribution is 4.75. The molecule has 1 aliphatic rings. The van der Waals surface area contributed by atoms with E-state index in [4.69, 9.17) is 0 Å². The van der Waals surface area contributed by atoms with Crippen LogP contribution in [0.2, 0.25) is 0 Å². The summed E-state index contributed by atoms with van der Waals surface area (Å²) in [5, 5.41) is 7.02. The van der Waals surface area contributed by atoms with Crippen LogP contribution in [0, 0.1) is 5.41 Å². The molecule has 0 atom stereocenters. The Bertz CT molecular complexity index is 132. The summed E-state index contributed by atoms with van der Waals surface area (Å²) >= 11 is 0. The van der Waals surface area contributed by atoms with Crippen LogP contribution >= 0.6 is 0 Å². The molecule has 1 saturated heterocycles. The first kappa shape index (κ1) is 11.0. The molecule has 1 rings (SSSR count). The second kappa shape index (κ2) is 4.97. The van der Waals surface area contributed by atoms with Crippen LogP contribution < -0.4 is 10.6 Å². The van der Waals surface area contributed by atoms with E-state index >= 15 is 0 Å². The van der Waals surface area contributed by atoms with Crippen molar-refractivity contribution in [3.63, 3.8) is 0 Å². The van der Waals surface area contributed by atoms with Crippen LogP contribution in [0.5, 0.6) is 0 Å². The molecule has 2 nitrogen and oxygen atoms in total. The maximum Gasteiger partial charge on any atom is 0.00912 e. The first-order valence-electron chi connectivity index (χ1n) is 5.52. The van der Waals surface area contributed by atoms with Crippen molar-refractivity contribution in [3.05, 3.63) is 0 Å². The molecule has 2 heteroatoms. The summed E-state index contributed by atoms with van der Waals surface area (Å²) in [6, 6.07) is 0.767. The molecule has 0 bridgehead atoms. The first-order valence-corrected chi connectivity index (χ1v) is 5.52. The quantitative estimate of drug-likeness (QED) is 0.698. The van der Waals surface area contributed by atoms with Crippen molar-refractivity contribution in [1.82, 2.24) is 10.6 Å². The fraction of sp³-hybridized carbons (Fsp3) is 1.00. The summed E-state index contributed by atoms with van der Waals surface area (Å²) in [6.07, 6.45) is 3.87. The lowest BCUT2D eigenvalue weighted by molar-refractivity contribution is 0.329. The minimum atomic E-state index is 0.472. The van der Waals surface area contributed by atoms with Crippen LogP contribution in [-0.2, 0) is 0 Å². The van der Waals surface area contributed by atoms with Crippen LogP contribution in [0.1, 0.15) is 40.0 Å². The molecule has 0 saturated carbocycles. The van der Waals surface area contributed by atoms with Gasteiger partial charge in [-0.05, 0) is 44.3 Å². The van der Waals surface area contributed by atoms with Gasteiger partial charge in [-0.2, -0.15) is 0 Å². The van der Waals surface area contributed by atoms with Gasteiger partial charge in [-0.3, -0.25) is 0 Å². The van der Waals surface area contributed by atoms with Crippen molar-refractivity contribution in [2.45, 2.75) is 46.1 Å². The van der Waals surface area contributed by atoms with E-state index in [1.807, 2.05) is 0 Å². The monoisotopic (exact) mass is 184 g/mol. The number of hydrogen-bond donors (Lipinski definition) is 2. The summed E-state index contributed by atoms with van der Waals surface area (Å²) < 4.78 is 0. The highest BCUT2D eigenvalue weighted by Gasteiger charge is 2.14. The summed E-state index contributed by atoms with van der Waals surface area (Å²) in [6.45, 7) is 10.5. The molecule has 1 heterocycles. The van der Waals surface area contributed by atoms with Gasteiger partial charge in [0.1, 0.15) is 0 Å². The average Bonchev–Trinajstić information content (AvgIpc) is 2.04. The number of piperidine rings is 1. The van der Waals surface area contributed by atoms with E-state index in [1.54, 1.807) is 0 Å². The lowest BCUT2D eigenvalue weighted by atomic mass is 9.92. The third kappa shape index (κ3) is 5.27. The Morgan fingerprint density at radius 1 is 1.23 bits per heavy atom. The summed E-state index contributed by atoms with van der Waals surface area (Å²) in [5.74, 6) is 0. The highest BCUT2D eigenvalue weighted by atomic mass is 15.0. The third-order valence-electron chi connectivity index (χ3n) is 2.65. The molecule has 78 valence electrons. The molecule has 0 radical (unpaired) electrons. The maximum absolute atomic E-state index is 3.64. The molecule has 13 heavy (non-hydrogen) atoms. The van der Waals surface area contributed by atoms with Gasteiger partial charge in [-0.1, -0.05) is 20.8 Å². The van der Waals surface area contributed by atoms with E-state index in [-0.39, 0.29) is 0 Å². The van der Waals surface area contributed by atoms with Gasteiger partial charge in [0.05, 0.1) is 0 Å². The zero-order valence-electron chi connectivity index (χ0n) is 9.32. The minimum absolute atomic E-state index is 0.472.